The molecule has 16 heteroatoms. The van der Waals surface area contributed by atoms with Crippen LogP contribution in [0.25, 0.3) is 22.0 Å². The van der Waals surface area contributed by atoms with Crippen molar-refractivity contribution in [1.82, 2.24) is 24.3 Å². The Labute approximate surface area is 410 Å². The molecule has 6 heterocycles. The maximum Gasteiger partial charge on any atom is 0.419 e. The zero-order valence-corrected chi connectivity index (χ0v) is 42.3. The summed E-state index contributed by atoms with van der Waals surface area (Å²) >= 11 is 0. The summed E-state index contributed by atoms with van der Waals surface area (Å²) in [5.74, 6) is -1.67. The van der Waals surface area contributed by atoms with Crippen LogP contribution in [0.5, 0.6) is 0 Å². The maximum atomic E-state index is 15.8. The molecule has 2 aromatic heterocycles. The highest BCUT2D eigenvalue weighted by atomic mass is 28.3. The molecule has 3 fully saturated rings. The number of hydrogen-bond acceptors (Lipinski definition) is 10. The molecule has 4 aliphatic heterocycles. The molecular weight excluding hydrogens is 906 g/mol. The van der Waals surface area contributed by atoms with Gasteiger partial charge >= 0.3 is 6.09 Å². The molecule has 4 amide bonds. The quantitative estimate of drug-likeness (QED) is 0.0729. The van der Waals surface area contributed by atoms with Crippen LogP contribution in [0.15, 0.2) is 79.0 Å². The van der Waals surface area contributed by atoms with Gasteiger partial charge in [0.15, 0.2) is 0 Å². The van der Waals surface area contributed by atoms with Crippen molar-refractivity contribution in [3.8, 4) is 11.1 Å². The fraction of sp³-hybridized carbons (Fsp3) is 0.444. The van der Waals surface area contributed by atoms with Gasteiger partial charge in [-0.1, -0.05) is 56.0 Å². The average Bonchev–Trinajstić information content (AvgIpc) is 4.02. The summed E-state index contributed by atoms with van der Waals surface area (Å²) < 4.78 is 29.0. The van der Waals surface area contributed by atoms with Crippen LogP contribution in [0.1, 0.15) is 109 Å². The Balaban J connectivity index is 0.819. The fourth-order valence-electron chi connectivity index (χ4n) is 10.4. The monoisotopic (exact) mass is 969 g/mol. The Kier molecular flexibility index (Phi) is 13.6. The van der Waals surface area contributed by atoms with Gasteiger partial charge in [0.05, 0.1) is 17.1 Å². The number of rotatable bonds is 12. The van der Waals surface area contributed by atoms with Gasteiger partial charge in [-0.3, -0.25) is 29.0 Å². The number of nitrogens with one attached hydrogen (secondary N) is 1. The number of fused-ring (bicyclic) bond motifs is 2. The Morgan fingerprint density at radius 2 is 1.63 bits per heavy atom. The van der Waals surface area contributed by atoms with Crippen LogP contribution in [0.2, 0.25) is 25.7 Å². The van der Waals surface area contributed by atoms with Gasteiger partial charge in [0.2, 0.25) is 5.91 Å². The molecule has 9 rings (SSSR count). The summed E-state index contributed by atoms with van der Waals surface area (Å²) in [6.07, 6.45) is 5.17. The van der Waals surface area contributed by atoms with E-state index in [0.29, 0.717) is 36.5 Å². The molecule has 0 bridgehead atoms. The molecule has 5 aromatic rings. The molecule has 1 N–H and O–H groups in total. The number of likely N-dealkylation sites (tertiary alicyclic amines) is 2. The molecular formula is C54H64FN7O7Si. The smallest absolute Gasteiger partial charge is 0.419 e. The first-order valence-corrected chi connectivity index (χ1v) is 28.3. The minimum absolute atomic E-state index is 0.0226. The molecule has 0 radical (unpaired) electrons. The number of nitrogens with zero attached hydrogens (tertiary/aromatic N) is 6. The van der Waals surface area contributed by atoms with Crippen molar-refractivity contribution in [2.45, 2.75) is 115 Å². The molecule has 0 aliphatic carbocycles. The minimum atomic E-state index is -1.34. The van der Waals surface area contributed by atoms with Crippen molar-refractivity contribution in [1.29, 1.82) is 0 Å². The van der Waals surface area contributed by atoms with E-state index in [9.17, 15) is 24.0 Å². The van der Waals surface area contributed by atoms with Crippen LogP contribution in [0.4, 0.5) is 20.7 Å². The third kappa shape index (κ3) is 10.2. The molecule has 70 heavy (non-hydrogen) atoms. The largest absolute Gasteiger partial charge is 0.443 e. The van der Waals surface area contributed by atoms with E-state index in [1.165, 1.54) is 22.6 Å². The number of amides is 4. The minimum Gasteiger partial charge on any atom is -0.443 e. The number of pyridine rings is 1. The summed E-state index contributed by atoms with van der Waals surface area (Å²) in [4.78, 5) is 79.0. The number of carbonyl (C=O) groups is 5. The lowest BCUT2D eigenvalue weighted by atomic mass is 9.87. The number of imide groups is 1. The summed E-state index contributed by atoms with van der Waals surface area (Å²) in [7, 11) is 0.693. The van der Waals surface area contributed by atoms with Gasteiger partial charge in [0.25, 0.3) is 17.7 Å². The zero-order valence-electron chi connectivity index (χ0n) is 41.3. The summed E-state index contributed by atoms with van der Waals surface area (Å²) in [5.41, 5.74) is 5.77. The molecule has 0 saturated carbocycles. The molecule has 1 unspecified atom stereocenters. The molecule has 2 atom stereocenters. The van der Waals surface area contributed by atoms with Crippen LogP contribution in [-0.2, 0) is 25.6 Å². The predicted octanol–water partition coefficient (Wildman–Crippen LogP) is 9.81. The molecule has 0 spiro atoms. The van der Waals surface area contributed by atoms with E-state index in [-0.39, 0.29) is 67.2 Å². The second kappa shape index (κ2) is 19.5. The van der Waals surface area contributed by atoms with Crippen molar-refractivity contribution >= 4 is 60.2 Å². The van der Waals surface area contributed by atoms with Gasteiger partial charge in [-0.15, -0.1) is 0 Å². The van der Waals surface area contributed by atoms with Crippen molar-refractivity contribution in [2.75, 3.05) is 50.2 Å². The van der Waals surface area contributed by atoms with E-state index in [4.69, 9.17) is 9.47 Å². The number of halogens is 1. The number of aromatic nitrogens is 2. The van der Waals surface area contributed by atoms with E-state index in [1.807, 2.05) is 52.1 Å². The normalized spacial score (nSPS) is 19.4. The van der Waals surface area contributed by atoms with Crippen LogP contribution >= 0.6 is 0 Å². The Morgan fingerprint density at radius 3 is 2.31 bits per heavy atom. The standard InChI is InChI=1S/C54H64FN7O7Si/c1-54(2,3)69-53(67)62-46-30-48(56-31-37(46)28-47(62)44-12-9-23-58(44)4)57-50(64)41-18-17-38(29-43(41)55)59-24-21-35(22-25-59)34-13-15-36(16-14-34)39-10-8-11-40-42(39)32-60(51(40)65)45-19-20-49(63)61(52(45)66)33-68-26-27-70(5,6)7/h8,10-11,13-18,28-31,35,44-45H,9,12,19-27,32-33H2,1-7H3,(H,56,57,64)/t44-,45?/m1/s1. The number of piperidine rings is 2. The van der Waals surface area contributed by atoms with Crippen LogP contribution < -0.4 is 10.2 Å². The van der Waals surface area contributed by atoms with Crippen LogP contribution in [0, 0.1) is 5.82 Å². The van der Waals surface area contributed by atoms with Gasteiger partial charge in [-0.2, -0.15) is 0 Å². The third-order valence-corrected chi connectivity index (χ3v) is 15.9. The Hall–Kier alpha value is -6.23. The average molecular weight is 970 g/mol. The highest BCUT2D eigenvalue weighted by Gasteiger charge is 2.43. The van der Waals surface area contributed by atoms with Crippen molar-refractivity contribution in [2.24, 2.45) is 0 Å². The second-order valence-corrected chi connectivity index (χ2v) is 27.1. The molecule has 3 saturated heterocycles. The van der Waals surface area contributed by atoms with Crippen LogP contribution in [-0.4, -0.2) is 114 Å². The first-order chi connectivity index (χ1) is 33.3. The topological polar surface area (TPSA) is 147 Å². The van der Waals surface area contributed by atoms with E-state index in [1.54, 1.807) is 27.8 Å². The van der Waals surface area contributed by atoms with E-state index < -0.39 is 37.5 Å². The van der Waals surface area contributed by atoms with Gasteiger partial charge in [-0.25, -0.2) is 18.7 Å². The highest BCUT2D eigenvalue weighted by molar-refractivity contribution is 6.76. The SMILES string of the molecule is CN1CCC[C@@H]1c1cc2cnc(NC(=O)c3ccc(N4CCC(c5ccc(-c6cccc7c6CN(C6CCC(=O)N(COCC[Si](C)(C)C)C6=O)C7=O)cc5)CC4)cc3F)cc2n1C(=O)OC(C)(C)C. The Morgan fingerprint density at radius 1 is 0.886 bits per heavy atom. The van der Waals surface area contributed by atoms with Crippen LogP contribution in [0.3, 0.4) is 0 Å². The lowest BCUT2D eigenvalue weighted by molar-refractivity contribution is -0.158. The molecule has 14 nitrogen and oxygen atoms in total. The van der Waals surface area contributed by atoms with Crippen molar-refractivity contribution in [3.63, 3.8) is 0 Å². The summed E-state index contributed by atoms with van der Waals surface area (Å²) in [5, 5.41) is 3.48. The second-order valence-electron chi connectivity index (χ2n) is 21.5. The maximum absolute atomic E-state index is 15.8. The number of ether oxygens (including phenoxy) is 2. The predicted molar refractivity (Wildman–Crippen MR) is 270 cm³/mol. The Bertz CT molecular complexity index is 2850. The number of anilines is 2. The number of benzene rings is 3. The lowest BCUT2D eigenvalue weighted by Gasteiger charge is -2.35. The lowest BCUT2D eigenvalue weighted by Crippen LogP contribution is -2.55. The fourth-order valence-corrected chi connectivity index (χ4v) is 11.1. The first-order valence-electron chi connectivity index (χ1n) is 24.6. The molecule has 4 aliphatic rings. The summed E-state index contributed by atoms with van der Waals surface area (Å²) in [6.45, 7) is 15.2. The highest BCUT2D eigenvalue weighted by Crippen LogP contribution is 2.39. The summed E-state index contributed by atoms with van der Waals surface area (Å²) in [6, 6.07) is 22.6. The zero-order chi connectivity index (χ0) is 49.6. The third-order valence-electron chi connectivity index (χ3n) is 14.2. The van der Waals surface area contributed by atoms with Gasteiger partial charge in [0.1, 0.15) is 30.0 Å². The first kappa shape index (κ1) is 48.8. The molecule has 3 aromatic carbocycles. The molecule has 368 valence electrons. The van der Waals surface area contributed by atoms with E-state index in [2.05, 4.69) is 64.0 Å². The van der Waals surface area contributed by atoms with Gasteiger partial charge < -0.3 is 24.6 Å². The van der Waals surface area contributed by atoms with Gasteiger partial charge in [-0.05, 0) is 131 Å². The number of carbonyl (C=O) groups excluding carboxylic acids is 5. The van der Waals surface area contributed by atoms with Crippen molar-refractivity contribution in [3.05, 3.63) is 113 Å². The number of hydrogen-bond donors (Lipinski definition) is 1. The van der Waals surface area contributed by atoms with Gasteiger partial charge in [0, 0.05) is 75.3 Å². The van der Waals surface area contributed by atoms with E-state index >= 15 is 4.39 Å². The van der Waals surface area contributed by atoms with E-state index in [0.717, 1.165) is 66.0 Å². The van der Waals surface area contributed by atoms with Crippen molar-refractivity contribution < 1.29 is 37.8 Å².